The summed E-state index contributed by atoms with van der Waals surface area (Å²) in [6.07, 6.45) is 0. The lowest BCUT2D eigenvalue weighted by molar-refractivity contribution is 0.0985. The second-order valence-corrected chi connectivity index (χ2v) is 12.5. The molecule has 0 spiro atoms. The number of aryl methyl sites for hydroxylation is 2. The predicted molar refractivity (Wildman–Crippen MR) is 163 cm³/mol. The number of rotatable bonds is 10. The van der Waals surface area contributed by atoms with Crippen molar-refractivity contribution in [2.24, 2.45) is 0 Å². The first-order valence-corrected chi connectivity index (χ1v) is 14.8. The number of anilines is 1. The molecule has 0 aliphatic carbocycles. The number of amides is 1. The van der Waals surface area contributed by atoms with Crippen molar-refractivity contribution >= 4 is 55.0 Å². The first kappa shape index (κ1) is 30.7. The normalized spacial score (nSPS) is 11.7. The van der Waals surface area contributed by atoms with Crippen LogP contribution in [0.4, 0.5) is 5.13 Å². The molecule has 4 aromatic rings. The van der Waals surface area contributed by atoms with E-state index >= 15 is 0 Å². The number of benzene rings is 3. The Balaban J connectivity index is 0.00000420. The van der Waals surface area contributed by atoms with E-state index in [9.17, 15) is 13.2 Å². The van der Waals surface area contributed by atoms with Crippen molar-refractivity contribution in [1.82, 2.24) is 14.2 Å². The van der Waals surface area contributed by atoms with Crippen molar-refractivity contribution in [3.8, 4) is 0 Å². The maximum absolute atomic E-state index is 13.7. The number of hydrogen-bond donors (Lipinski definition) is 0. The fourth-order valence-corrected chi connectivity index (χ4v) is 6.77. The molecule has 0 fully saturated rings. The highest BCUT2D eigenvalue weighted by Gasteiger charge is 2.26. The van der Waals surface area contributed by atoms with Crippen LogP contribution in [-0.4, -0.2) is 62.2 Å². The lowest BCUT2D eigenvalue weighted by Crippen LogP contribution is -2.36. The molecule has 4 rings (SSSR count). The maximum atomic E-state index is 13.7. The monoisotopic (exact) mass is 586 g/mol. The lowest BCUT2D eigenvalue weighted by Gasteiger charge is -2.23. The molecule has 1 aromatic heterocycles. The van der Waals surface area contributed by atoms with Crippen LogP contribution < -0.4 is 4.90 Å². The fraction of sp³-hybridized carbons (Fsp3) is 0.310. The summed E-state index contributed by atoms with van der Waals surface area (Å²) in [7, 11) is 0.202. The van der Waals surface area contributed by atoms with Crippen molar-refractivity contribution in [2.75, 3.05) is 38.6 Å². The molecule has 7 nitrogen and oxygen atoms in total. The number of thiazole rings is 1. The number of aromatic nitrogens is 1. The van der Waals surface area contributed by atoms with Crippen LogP contribution in [0.1, 0.15) is 34.0 Å². The molecular weight excluding hydrogens is 552 g/mol. The molecule has 208 valence electrons. The van der Waals surface area contributed by atoms with Crippen LogP contribution in [0.2, 0.25) is 0 Å². The second kappa shape index (κ2) is 13.0. The summed E-state index contributed by atoms with van der Waals surface area (Å²) in [6, 6.07) is 19.9. The number of nitrogens with zero attached hydrogens (tertiary/aromatic N) is 4. The van der Waals surface area contributed by atoms with E-state index < -0.39 is 10.0 Å². The van der Waals surface area contributed by atoms with Crippen LogP contribution in [0.15, 0.2) is 71.6 Å². The SMILES string of the molecule is CCN(Cc1ccccc1)S(=O)(=O)c1ccc(C(=O)N(CCN(C)C)c2nc3cc(C)cc(C)c3s2)cc1.Cl. The van der Waals surface area contributed by atoms with Gasteiger partial charge < -0.3 is 4.90 Å². The minimum atomic E-state index is -3.72. The molecule has 0 aliphatic rings. The first-order chi connectivity index (χ1) is 18.1. The summed E-state index contributed by atoms with van der Waals surface area (Å²) in [5, 5.41) is 0.636. The van der Waals surface area contributed by atoms with E-state index in [4.69, 9.17) is 4.98 Å². The number of likely N-dealkylation sites (N-methyl/N-ethyl adjacent to an activating group) is 1. The Morgan fingerprint density at radius 1 is 0.949 bits per heavy atom. The number of carbonyl (C=O) groups is 1. The Kier molecular flexibility index (Phi) is 10.3. The average molecular weight is 587 g/mol. The van der Waals surface area contributed by atoms with Crippen molar-refractivity contribution in [3.63, 3.8) is 0 Å². The number of sulfonamides is 1. The lowest BCUT2D eigenvalue weighted by atomic mass is 10.1. The van der Waals surface area contributed by atoms with Crippen LogP contribution >= 0.6 is 23.7 Å². The van der Waals surface area contributed by atoms with Gasteiger partial charge in [-0.1, -0.05) is 54.7 Å². The van der Waals surface area contributed by atoms with E-state index in [1.54, 1.807) is 17.0 Å². The topological polar surface area (TPSA) is 73.8 Å². The largest absolute Gasteiger partial charge is 0.308 e. The molecule has 39 heavy (non-hydrogen) atoms. The standard InChI is InChI=1S/C29H34N4O3S2.ClH/c1-6-32(20-23-10-8-7-9-11-23)38(35,36)25-14-12-24(13-15-25)28(34)33(17-16-31(4)5)29-30-26-19-21(2)18-22(3)27(26)37-29;/h7-15,18-19H,6,16-17,20H2,1-5H3;1H. The van der Waals surface area contributed by atoms with Gasteiger partial charge in [0.25, 0.3) is 5.91 Å². The fourth-order valence-electron chi connectivity index (χ4n) is 4.29. The van der Waals surface area contributed by atoms with Gasteiger partial charge in [-0.2, -0.15) is 4.31 Å². The number of carbonyl (C=O) groups excluding carboxylic acids is 1. The molecule has 0 atom stereocenters. The maximum Gasteiger partial charge on any atom is 0.260 e. The Morgan fingerprint density at radius 3 is 2.23 bits per heavy atom. The molecule has 1 heterocycles. The Morgan fingerprint density at radius 2 is 1.62 bits per heavy atom. The molecule has 0 saturated heterocycles. The Labute approximate surface area is 241 Å². The van der Waals surface area contributed by atoms with E-state index in [1.807, 2.05) is 69.2 Å². The van der Waals surface area contributed by atoms with E-state index in [-0.39, 0.29) is 29.8 Å². The van der Waals surface area contributed by atoms with Crippen molar-refractivity contribution < 1.29 is 13.2 Å². The number of fused-ring (bicyclic) bond motifs is 1. The van der Waals surface area contributed by atoms with Gasteiger partial charge in [-0.3, -0.25) is 9.69 Å². The van der Waals surface area contributed by atoms with Crippen LogP contribution in [0.3, 0.4) is 0 Å². The van der Waals surface area contributed by atoms with Crippen molar-refractivity contribution in [1.29, 1.82) is 0 Å². The molecular formula is C29H35ClN4O3S2. The zero-order valence-corrected chi connectivity index (χ0v) is 25.4. The molecule has 10 heteroatoms. The molecule has 0 saturated carbocycles. The highest BCUT2D eigenvalue weighted by atomic mass is 35.5. The molecule has 1 amide bonds. The smallest absolute Gasteiger partial charge is 0.260 e. The summed E-state index contributed by atoms with van der Waals surface area (Å²) >= 11 is 1.50. The third-order valence-corrected chi connectivity index (χ3v) is 9.51. The van der Waals surface area contributed by atoms with Crippen LogP contribution in [-0.2, 0) is 16.6 Å². The quantitative estimate of drug-likeness (QED) is 0.236. The van der Waals surface area contributed by atoms with Crippen molar-refractivity contribution in [2.45, 2.75) is 32.2 Å². The molecule has 0 bridgehead atoms. The molecule has 0 aliphatic heterocycles. The van der Waals surface area contributed by atoms with Crippen LogP contribution in [0.25, 0.3) is 10.2 Å². The zero-order chi connectivity index (χ0) is 27.4. The summed E-state index contributed by atoms with van der Waals surface area (Å²) in [5.74, 6) is -0.208. The van der Waals surface area contributed by atoms with Gasteiger partial charge in [0.2, 0.25) is 10.0 Å². The van der Waals surface area contributed by atoms with E-state index in [0.717, 1.165) is 26.9 Å². The third-order valence-electron chi connectivity index (χ3n) is 6.35. The van der Waals surface area contributed by atoms with Gasteiger partial charge in [-0.25, -0.2) is 13.4 Å². The Hall–Kier alpha value is -2.82. The molecule has 0 N–H and O–H groups in total. The van der Waals surface area contributed by atoms with Crippen LogP contribution in [0, 0.1) is 13.8 Å². The highest BCUT2D eigenvalue weighted by molar-refractivity contribution is 7.89. The van der Waals surface area contributed by atoms with E-state index in [0.29, 0.717) is 30.3 Å². The van der Waals surface area contributed by atoms with Gasteiger partial charge in [0.1, 0.15) is 0 Å². The molecule has 3 aromatic carbocycles. The van der Waals surface area contributed by atoms with Gasteiger partial charge in [0, 0.05) is 31.7 Å². The summed E-state index contributed by atoms with van der Waals surface area (Å²) in [4.78, 5) is 22.4. The van der Waals surface area contributed by atoms with E-state index in [1.165, 1.54) is 27.8 Å². The summed E-state index contributed by atoms with van der Waals surface area (Å²) in [6.45, 7) is 7.67. The van der Waals surface area contributed by atoms with Gasteiger partial charge >= 0.3 is 0 Å². The Bertz CT molecular complexity index is 1520. The second-order valence-electron chi connectivity index (χ2n) is 9.63. The van der Waals surface area contributed by atoms with E-state index in [2.05, 4.69) is 13.0 Å². The highest BCUT2D eigenvalue weighted by Crippen LogP contribution is 2.33. The predicted octanol–water partition coefficient (Wildman–Crippen LogP) is 5.75. The average Bonchev–Trinajstić information content (AvgIpc) is 3.31. The molecule has 0 unspecified atom stereocenters. The van der Waals surface area contributed by atoms with Gasteiger partial charge in [0.15, 0.2) is 5.13 Å². The van der Waals surface area contributed by atoms with Crippen molar-refractivity contribution in [3.05, 3.63) is 89.0 Å². The van der Waals surface area contributed by atoms with Gasteiger partial charge in [-0.15, -0.1) is 12.4 Å². The van der Waals surface area contributed by atoms with Crippen LogP contribution in [0.5, 0.6) is 0 Å². The number of hydrogen-bond acceptors (Lipinski definition) is 6. The minimum Gasteiger partial charge on any atom is -0.308 e. The minimum absolute atomic E-state index is 0. The van der Waals surface area contributed by atoms with Gasteiger partial charge in [-0.05, 0) is 75.0 Å². The summed E-state index contributed by atoms with van der Waals surface area (Å²) in [5.41, 5.74) is 4.48. The zero-order valence-electron chi connectivity index (χ0n) is 22.9. The summed E-state index contributed by atoms with van der Waals surface area (Å²) < 4.78 is 29.2. The number of halogens is 1. The first-order valence-electron chi connectivity index (χ1n) is 12.6. The molecule has 0 radical (unpaired) electrons. The van der Waals surface area contributed by atoms with Gasteiger partial charge in [0.05, 0.1) is 15.1 Å². The third kappa shape index (κ3) is 7.04.